The van der Waals surface area contributed by atoms with Crippen LogP contribution in [0, 0.1) is 0 Å². The predicted molar refractivity (Wildman–Crippen MR) is 98.2 cm³/mol. The molecule has 1 nitrogen and oxygen atoms in total. The minimum atomic E-state index is -1.65. The van der Waals surface area contributed by atoms with E-state index in [1.807, 2.05) is 0 Å². The Morgan fingerprint density at radius 3 is 2.52 bits per heavy atom. The first-order chi connectivity index (χ1) is 9.74. The molecule has 0 saturated carbocycles. The molecule has 0 aliphatic carbocycles. The van der Waals surface area contributed by atoms with Crippen LogP contribution in [0.4, 0.5) is 0 Å². The Kier molecular flexibility index (Phi) is 4.69. The van der Waals surface area contributed by atoms with E-state index in [4.69, 9.17) is 0 Å². The van der Waals surface area contributed by atoms with E-state index in [2.05, 4.69) is 76.1 Å². The Hall–Kier alpha value is -0.993. The molecule has 0 amide bonds. The summed E-state index contributed by atoms with van der Waals surface area (Å²) in [5, 5.41) is 4.51. The van der Waals surface area contributed by atoms with Crippen LogP contribution < -0.4 is 10.2 Å². The monoisotopic (exact) mass is 300 g/mol. The Labute approximate surface area is 131 Å². The summed E-state index contributed by atoms with van der Waals surface area (Å²) in [4.78, 5) is 3.91. The quantitative estimate of drug-likeness (QED) is 0.623. The third-order valence-corrected chi connectivity index (χ3v) is 7.18. The summed E-state index contributed by atoms with van der Waals surface area (Å²) in [6, 6.07) is 11.4. The molecule has 2 aromatic carbocycles. The van der Waals surface area contributed by atoms with Crippen molar-refractivity contribution in [1.82, 2.24) is 4.98 Å². The van der Waals surface area contributed by atoms with Gasteiger partial charge in [0, 0.05) is 5.54 Å². The summed E-state index contributed by atoms with van der Waals surface area (Å²) in [6.07, 6.45) is 3.75. The number of hydrogen-bond donors (Lipinski definition) is 1. The van der Waals surface area contributed by atoms with E-state index in [1.54, 1.807) is 10.8 Å². The molecule has 0 spiro atoms. The average molecular weight is 301 g/mol. The first-order valence-corrected chi connectivity index (χ1v) is 11.2. The van der Waals surface area contributed by atoms with E-state index in [9.17, 15) is 0 Å². The normalized spacial score (nSPS) is 13.0. The van der Waals surface area contributed by atoms with Crippen molar-refractivity contribution < 1.29 is 0 Å². The fraction of sp³-hybridized carbons (Fsp3) is 0.526. The smallest absolute Gasteiger partial charge is 0.106 e. The zero-order valence-corrected chi connectivity index (χ0v) is 15.5. The van der Waals surface area contributed by atoms with Gasteiger partial charge >= 0.3 is 0 Å². The lowest BCUT2D eigenvalue weighted by molar-refractivity contribution is 0.515. The molecule has 0 radical (unpaired) electrons. The molecule has 1 N–H and O–H groups in total. The minimum Gasteiger partial charge on any atom is -0.335 e. The van der Waals surface area contributed by atoms with Gasteiger partial charge in [0.1, 0.15) is 8.24 Å². The number of fused-ring (bicyclic) bond motifs is 1. The van der Waals surface area contributed by atoms with Gasteiger partial charge in [-0.2, -0.15) is 0 Å². The molecule has 0 unspecified atom stereocenters. The zero-order valence-electron chi connectivity index (χ0n) is 14.5. The standard InChI is InChI=1S/C19H30NSi/c1-7-8-11-15-14-18(17-13-10-9-12-16(15)17)21(5,6)20-19(2,3)4/h9-10,12-14,20H,7-8,11H2,1-6H3/q-1. The Balaban J connectivity index is 2.48. The van der Waals surface area contributed by atoms with Crippen LogP contribution in [0.2, 0.25) is 13.1 Å². The highest BCUT2D eigenvalue weighted by Crippen LogP contribution is 2.24. The van der Waals surface area contributed by atoms with Gasteiger partial charge in [0.25, 0.3) is 0 Å². The van der Waals surface area contributed by atoms with E-state index in [1.165, 1.54) is 30.0 Å². The molecule has 2 aromatic rings. The van der Waals surface area contributed by atoms with Crippen molar-refractivity contribution >= 4 is 24.2 Å². The highest BCUT2D eigenvalue weighted by Gasteiger charge is 2.27. The molecule has 0 aromatic heterocycles. The second-order valence-electron chi connectivity index (χ2n) is 7.73. The van der Waals surface area contributed by atoms with Crippen molar-refractivity contribution in [3.8, 4) is 0 Å². The van der Waals surface area contributed by atoms with Crippen LogP contribution in [0.25, 0.3) is 10.8 Å². The van der Waals surface area contributed by atoms with E-state index < -0.39 is 8.24 Å². The van der Waals surface area contributed by atoms with Gasteiger partial charge in [-0.05, 0) is 27.2 Å². The van der Waals surface area contributed by atoms with Crippen LogP contribution in [0.3, 0.4) is 0 Å². The fourth-order valence-electron chi connectivity index (χ4n) is 3.42. The van der Waals surface area contributed by atoms with Gasteiger partial charge in [-0.1, -0.05) is 38.2 Å². The van der Waals surface area contributed by atoms with Gasteiger partial charge < -0.3 is 4.98 Å². The van der Waals surface area contributed by atoms with Crippen LogP contribution in [0.5, 0.6) is 0 Å². The molecule has 116 valence electrons. The van der Waals surface area contributed by atoms with Crippen molar-refractivity contribution in [2.45, 2.75) is 65.6 Å². The minimum absolute atomic E-state index is 0.164. The molecule has 2 rings (SSSR count). The highest BCUT2D eigenvalue weighted by molar-refractivity contribution is 6.89. The molecule has 0 saturated heterocycles. The van der Waals surface area contributed by atoms with Gasteiger partial charge in [-0.3, -0.25) is 0 Å². The molecular weight excluding hydrogens is 270 g/mol. The molecule has 21 heavy (non-hydrogen) atoms. The maximum absolute atomic E-state index is 3.91. The molecule has 0 aliphatic heterocycles. The Bertz CT molecular complexity index is 602. The van der Waals surface area contributed by atoms with Crippen LogP contribution in [-0.4, -0.2) is 13.8 Å². The molecule has 0 atom stereocenters. The summed E-state index contributed by atoms with van der Waals surface area (Å²) < 4.78 is 0. The van der Waals surface area contributed by atoms with Gasteiger partial charge in [0.15, 0.2) is 0 Å². The van der Waals surface area contributed by atoms with Gasteiger partial charge in [-0.25, -0.2) is 0 Å². The molecule has 2 heteroatoms. The van der Waals surface area contributed by atoms with E-state index in [0.29, 0.717) is 0 Å². The lowest BCUT2D eigenvalue weighted by atomic mass is 10.1. The van der Waals surface area contributed by atoms with Crippen molar-refractivity contribution in [3.63, 3.8) is 0 Å². The lowest BCUT2D eigenvalue weighted by Gasteiger charge is -2.36. The molecule has 0 fully saturated rings. The highest BCUT2D eigenvalue weighted by atomic mass is 28.3. The molecule has 0 aliphatic rings. The van der Waals surface area contributed by atoms with E-state index >= 15 is 0 Å². The van der Waals surface area contributed by atoms with Crippen LogP contribution in [0.15, 0.2) is 30.3 Å². The van der Waals surface area contributed by atoms with Crippen molar-refractivity contribution in [3.05, 3.63) is 35.9 Å². The summed E-state index contributed by atoms with van der Waals surface area (Å²) in [6.45, 7) is 13.9. The topological polar surface area (TPSA) is 12.0 Å². The zero-order chi connectivity index (χ0) is 15.7. The number of unbranched alkanes of at least 4 members (excludes halogenated alkanes) is 1. The maximum atomic E-state index is 3.91. The first-order valence-electron chi connectivity index (χ1n) is 8.22. The Morgan fingerprint density at radius 2 is 1.90 bits per heavy atom. The maximum Gasteiger partial charge on any atom is 0.106 e. The molecule has 0 bridgehead atoms. The predicted octanol–water partition coefficient (Wildman–Crippen LogP) is 4.70. The van der Waals surface area contributed by atoms with E-state index in [0.717, 1.165) is 0 Å². The number of nitrogens with one attached hydrogen (secondary N) is 1. The second kappa shape index (κ2) is 6.02. The third kappa shape index (κ3) is 3.81. The van der Waals surface area contributed by atoms with Gasteiger partial charge in [0.2, 0.25) is 0 Å². The molecular formula is C19H30NSi-. The second-order valence-corrected chi connectivity index (χ2v) is 11.8. The van der Waals surface area contributed by atoms with Crippen molar-refractivity contribution in [2.75, 3.05) is 0 Å². The summed E-state index contributed by atoms with van der Waals surface area (Å²) >= 11 is 0. The summed E-state index contributed by atoms with van der Waals surface area (Å²) in [5.41, 5.74) is 1.70. The van der Waals surface area contributed by atoms with Crippen LogP contribution in [0.1, 0.15) is 46.1 Å². The molecule has 0 heterocycles. The van der Waals surface area contributed by atoms with Crippen LogP contribution in [-0.2, 0) is 6.42 Å². The number of hydrogen-bond acceptors (Lipinski definition) is 1. The first kappa shape index (κ1) is 16.4. The Morgan fingerprint density at radius 1 is 1.19 bits per heavy atom. The number of rotatable bonds is 5. The van der Waals surface area contributed by atoms with Crippen molar-refractivity contribution in [1.29, 1.82) is 0 Å². The summed E-state index contributed by atoms with van der Waals surface area (Å²) in [5.74, 6) is 0. The summed E-state index contributed by atoms with van der Waals surface area (Å²) in [7, 11) is -1.65. The largest absolute Gasteiger partial charge is 0.335 e. The van der Waals surface area contributed by atoms with Crippen LogP contribution >= 0.6 is 0 Å². The average Bonchev–Trinajstić information content (AvgIpc) is 2.73. The van der Waals surface area contributed by atoms with E-state index in [-0.39, 0.29) is 5.54 Å². The van der Waals surface area contributed by atoms with Gasteiger partial charge in [0.05, 0.1) is 0 Å². The van der Waals surface area contributed by atoms with Crippen molar-refractivity contribution in [2.24, 2.45) is 0 Å². The fourth-order valence-corrected chi connectivity index (χ4v) is 6.86. The number of benzene rings is 1. The number of aryl methyl sites for hydroxylation is 1. The van der Waals surface area contributed by atoms with Gasteiger partial charge in [-0.15, -0.1) is 46.5 Å². The SMILES string of the molecule is CCCCc1cc([Si](C)(C)NC(C)(C)C)c2cccc[c-]12. The lowest BCUT2D eigenvalue weighted by Crippen LogP contribution is -2.61. The third-order valence-electron chi connectivity index (χ3n) is 4.04.